The van der Waals surface area contributed by atoms with Gasteiger partial charge in [0.1, 0.15) is 41.3 Å². The lowest BCUT2D eigenvalue weighted by Crippen LogP contribution is -2.47. The summed E-state index contributed by atoms with van der Waals surface area (Å²) in [4.78, 5) is 36.8. The number of likely N-dealkylation sites (N-methyl/N-ethyl adjacent to an activating group) is 1. The molecule has 1 amide bonds. The van der Waals surface area contributed by atoms with Gasteiger partial charge in [-0.1, -0.05) is 18.2 Å². The monoisotopic (exact) mass is 680 g/mol. The molecule has 256 valence electrons. The summed E-state index contributed by atoms with van der Waals surface area (Å²) < 4.78 is 38.1. The van der Waals surface area contributed by atoms with E-state index in [4.69, 9.17) is 14.7 Å². The molecule has 4 bridgehead atoms. The molecule has 2 N–H and O–H groups in total. The highest BCUT2D eigenvalue weighted by atomic mass is 19.1. The maximum atomic E-state index is 14.8. The number of aliphatic hydroxyl groups excluding tert-OH is 1. The minimum Gasteiger partial charge on any atom is -0.394 e. The number of nitrogens with zero attached hydrogens (tertiary/aromatic N) is 9. The van der Waals surface area contributed by atoms with Gasteiger partial charge in [0, 0.05) is 37.8 Å². The number of benzene rings is 2. The van der Waals surface area contributed by atoms with E-state index in [-0.39, 0.29) is 37.4 Å². The molecule has 1 saturated heterocycles. The van der Waals surface area contributed by atoms with Crippen LogP contribution in [0.4, 0.5) is 20.4 Å². The average Bonchev–Trinajstić information content (AvgIpc) is 3.81. The van der Waals surface area contributed by atoms with Crippen LogP contribution in [-0.4, -0.2) is 102 Å². The Morgan fingerprint density at radius 1 is 1.04 bits per heavy atom. The van der Waals surface area contributed by atoms with E-state index in [2.05, 4.69) is 25.0 Å². The Labute approximate surface area is 285 Å². The number of aryl methyl sites for hydroxylation is 1. The van der Waals surface area contributed by atoms with Crippen molar-refractivity contribution in [1.82, 2.24) is 39.2 Å². The van der Waals surface area contributed by atoms with Crippen LogP contribution in [0.15, 0.2) is 67.1 Å². The molecule has 1 fully saturated rings. The van der Waals surface area contributed by atoms with Crippen molar-refractivity contribution in [2.24, 2.45) is 0 Å². The molecule has 2 aliphatic rings. The van der Waals surface area contributed by atoms with E-state index < -0.39 is 23.8 Å². The normalized spacial score (nSPS) is 19.5. The largest absolute Gasteiger partial charge is 0.394 e. The van der Waals surface area contributed by atoms with Crippen LogP contribution in [0.2, 0.25) is 0 Å². The van der Waals surface area contributed by atoms with Crippen molar-refractivity contribution in [2.75, 3.05) is 43.6 Å². The summed E-state index contributed by atoms with van der Waals surface area (Å²) in [6.07, 6.45) is 2.84. The van der Waals surface area contributed by atoms with Crippen LogP contribution in [-0.2, 0) is 16.1 Å². The lowest BCUT2D eigenvalue weighted by atomic mass is 10.1. The molecule has 8 rings (SSSR count). The zero-order valence-corrected chi connectivity index (χ0v) is 27.4. The quantitative estimate of drug-likeness (QED) is 0.277. The summed E-state index contributed by atoms with van der Waals surface area (Å²) in [6.45, 7) is 2.90. The smallest absolute Gasteiger partial charge is 0.245 e. The van der Waals surface area contributed by atoms with E-state index in [1.54, 1.807) is 11.9 Å². The fourth-order valence-electron chi connectivity index (χ4n) is 7.14. The Morgan fingerprint density at radius 2 is 1.90 bits per heavy atom. The van der Waals surface area contributed by atoms with Gasteiger partial charge in [-0.05, 0) is 43.7 Å². The molecule has 3 atom stereocenters. The number of nitrogens with one attached hydrogen (secondary N) is 1. The predicted octanol–water partition coefficient (Wildman–Crippen LogP) is 3.72. The van der Waals surface area contributed by atoms with E-state index in [1.807, 2.05) is 48.2 Å². The van der Waals surface area contributed by atoms with Gasteiger partial charge >= 0.3 is 0 Å². The second-order valence-corrected chi connectivity index (χ2v) is 12.6. The number of para-hydroxylation sites is 1. The molecule has 0 aliphatic carbocycles. The molecule has 0 spiro atoms. The molecule has 0 saturated carbocycles. The second kappa shape index (κ2) is 12.7. The van der Waals surface area contributed by atoms with Crippen LogP contribution < -0.4 is 10.2 Å². The Balaban J connectivity index is 1.22. The molecule has 13 nitrogen and oxygen atoms in total. The Kier molecular flexibility index (Phi) is 8.07. The number of hydrogen-bond donors (Lipinski definition) is 2. The number of rotatable bonds is 5. The fourth-order valence-corrected chi connectivity index (χ4v) is 7.14. The number of carbonyl (C=O) groups is 1. The molecule has 15 heteroatoms. The molecule has 50 heavy (non-hydrogen) atoms. The van der Waals surface area contributed by atoms with E-state index in [0.29, 0.717) is 42.2 Å². The number of anilines is 2. The molecule has 4 aromatic heterocycles. The fraction of sp³-hybridized carbons (Fsp3) is 0.314. The molecular weight excluding hydrogens is 646 g/mol. The highest BCUT2D eigenvalue weighted by molar-refractivity contribution is 5.93. The molecule has 0 radical (unpaired) electrons. The minimum absolute atomic E-state index is 0.0349. The summed E-state index contributed by atoms with van der Waals surface area (Å²) in [7, 11) is 1.74. The van der Waals surface area contributed by atoms with Gasteiger partial charge in [-0.25, -0.2) is 33.4 Å². The number of fused-ring (bicyclic) bond motifs is 6. The first kappa shape index (κ1) is 31.7. The maximum absolute atomic E-state index is 14.8. The molecular formula is C35H34F2N10O3. The Hall–Kier alpha value is -5.54. The number of pyridine rings is 1. The van der Waals surface area contributed by atoms with E-state index in [1.165, 1.54) is 23.3 Å². The van der Waals surface area contributed by atoms with Gasteiger partial charge in [0.25, 0.3) is 0 Å². The average molecular weight is 681 g/mol. The van der Waals surface area contributed by atoms with Crippen LogP contribution in [0.5, 0.6) is 0 Å². The lowest BCUT2D eigenvalue weighted by Gasteiger charge is -2.31. The first-order chi connectivity index (χ1) is 24.3. The third kappa shape index (κ3) is 5.57. The molecule has 6 aromatic rings. The Morgan fingerprint density at radius 3 is 2.74 bits per heavy atom. The van der Waals surface area contributed by atoms with Gasteiger partial charge in [0.15, 0.2) is 11.5 Å². The molecule has 2 aromatic carbocycles. The van der Waals surface area contributed by atoms with E-state index >= 15 is 0 Å². The summed E-state index contributed by atoms with van der Waals surface area (Å²) in [5, 5.41) is 18.1. The zero-order valence-electron chi connectivity index (χ0n) is 27.4. The number of ether oxygens (including phenoxy) is 1. The highest BCUT2D eigenvalue weighted by Crippen LogP contribution is 2.34. The SMILES string of the molecule is Cc1nc2cccc3c2n1C[C@@H](OCCO)CN(C)C(=O)[C@@H]1C[C@@H](CN1c1ncnc2c1cnn2-c1ccc(F)cc1F)Nc1cccc-3n1. The van der Waals surface area contributed by atoms with Gasteiger partial charge in [-0.15, -0.1) is 0 Å². The molecule has 2 aliphatic heterocycles. The number of aliphatic hydroxyl groups is 1. The number of carbonyl (C=O) groups excluding carboxylic acids is 1. The zero-order chi connectivity index (χ0) is 34.5. The second-order valence-electron chi connectivity index (χ2n) is 12.6. The van der Waals surface area contributed by atoms with Crippen LogP contribution in [0, 0.1) is 18.6 Å². The first-order valence-corrected chi connectivity index (χ1v) is 16.4. The third-order valence-corrected chi connectivity index (χ3v) is 9.36. The van der Waals surface area contributed by atoms with Gasteiger partial charge in [-0.3, -0.25) is 4.79 Å². The maximum Gasteiger partial charge on any atom is 0.245 e. The van der Waals surface area contributed by atoms with Crippen molar-refractivity contribution in [3.8, 4) is 16.9 Å². The van der Waals surface area contributed by atoms with Gasteiger partial charge in [-0.2, -0.15) is 5.10 Å². The van der Waals surface area contributed by atoms with E-state index in [9.17, 15) is 18.7 Å². The summed E-state index contributed by atoms with van der Waals surface area (Å²) in [5.74, 6) is 0.259. The van der Waals surface area contributed by atoms with Gasteiger partial charge in [0.2, 0.25) is 5.91 Å². The number of halogens is 2. The van der Waals surface area contributed by atoms with Crippen molar-refractivity contribution in [1.29, 1.82) is 0 Å². The molecule has 6 heterocycles. The van der Waals surface area contributed by atoms with E-state index in [0.717, 1.165) is 40.2 Å². The Bertz CT molecular complexity index is 2240. The summed E-state index contributed by atoms with van der Waals surface area (Å²) >= 11 is 0. The summed E-state index contributed by atoms with van der Waals surface area (Å²) in [6, 6.07) is 14.2. The summed E-state index contributed by atoms with van der Waals surface area (Å²) in [5.41, 5.74) is 3.76. The number of aromatic nitrogens is 7. The van der Waals surface area contributed by atoms with Gasteiger partial charge < -0.3 is 29.5 Å². The van der Waals surface area contributed by atoms with Crippen molar-refractivity contribution in [3.63, 3.8) is 0 Å². The van der Waals surface area contributed by atoms with Crippen molar-refractivity contribution < 1.29 is 23.4 Å². The number of amides is 1. The van der Waals surface area contributed by atoms with Gasteiger partial charge in [0.05, 0.1) is 54.2 Å². The van der Waals surface area contributed by atoms with Crippen LogP contribution in [0.25, 0.3) is 39.0 Å². The first-order valence-electron chi connectivity index (χ1n) is 16.4. The standard InChI is InChI=1S/C35H34F2N10O3/c1-20-41-28-7-3-5-24-27-6-4-8-31(43-27)42-22-14-30(35(49)44(2)17-23(50-12-11-48)18-45(20)32(24)28)46(16-22)33-25-15-40-47(34(25)39-19-38-33)29-10-9-21(36)13-26(29)37/h3-10,13,15,19,22-23,30,48H,11-12,14,16-18H2,1-2H3,(H,42,43)/t22-,23-,30-/m0/s1. The highest BCUT2D eigenvalue weighted by Gasteiger charge is 2.41. The lowest BCUT2D eigenvalue weighted by molar-refractivity contribution is -0.133. The van der Waals surface area contributed by atoms with Crippen molar-refractivity contribution >= 4 is 39.6 Å². The van der Waals surface area contributed by atoms with Crippen molar-refractivity contribution in [2.45, 2.75) is 38.1 Å². The third-order valence-electron chi connectivity index (χ3n) is 9.36. The predicted molar refractivity (Wildman–Crippen MR) is 182 cm³/mol. The van der Waals surface area contributed by atoms with Crippen LogP contribution >= 0.6 is 0 Å². The molecule has 0 unspecified atom stereocenters. The van der Waals surface area contributed by atoms with Crippen molar-refractivity contribution in [3.05, 3.63) is 84.6 Å². The minimum atomic E-state index is -0.787. The number of hydrogen-bond acceptors (Lipinski definition) is 10. The van der Waals surface area contributed by atoms with Crippen LogP contribution in [0.3, 0.4) is 0 Å². The number of imidazole rings is 1. The van der Waals surface area contributed by atoms with Crippen LogP contribution in [0.1, 0.15) is 12.2 Å². The topological polar surface area (TPSA) is 139 Å².